The molecule has 6 heteroatoms. The summed E-state index contributed by atoms with van der Waals surface area (Å²) in [7, 11) is -3.48. The van der Waals surface area contributed by atoms with Gasteiger partial charge in [0.2, 0.25) is 10.0 Å². The first-order chi connectivity index (χ1) is 9.83. The fraction of sp³-hybridized carbons (Fsp3) is 0.500. The van der Waals surface area contributed by atoms with E-state index in [0.717, 1.165) is 47.3 Å². The van der Waals surface area contributed by atoms with Crippen molar-refractivity contribution in [2.24, 2.45) is 0 Å². The monoisotopic (exact) mass is 344 g/mol. The molecule has 0 bridgehead atoms. The van der Waals surface area contributed by atoms with Crippen LogP contribution in [0.5, 0.6) is 0 Å². The maximum Gasteiger partial charge on any atom is 0.241 e. The highest BCUT2D eigenvalue weighted by Crippen LogP contribution is 2.26. The van der Waals surface area contributed by atoms with Gasteiger partial charge >= 0.3 is 0 Å². The molecule has 0 unspecified atom stereocenters. The number of sulfonamides is 1. The summed E-state index contributed by atoms with van der Waals surface area (Å²) in [6, 6.07) is 2.04. The molecule has 0 aliphatic carbocycles. The largest absolute Gasteiger partial charge is 0.313 e. The first-order valence-electron chi connectivity index (χ1n) is 7.28. The Morgan fingerprint density at radius 2 is 1.73 bits per heavy atom. The van der Waals surface area contributed by atoms with Gasteiger partial charge in [-0.25, -0.2) is 13.1 Å². The van der Waals surface area contributed by atoms with Crippen molar-refractivity contribution >= 4 is 22.4 Å². The van der Waals surface area contributed by atoms with Crippen LogP contribution in [-0.2, 0) is 10.0 Å². The highest BCUT2D eigenvalue weighted by Gasteiger charge is 2.22. The van der Waals surface area contributed by atoms with Crippen molar-refractivity contribution in [2.45, 2.75) is 39.0 Å². The third-order valence-corrected chi connectivity index (χ3v) is 5.89. The van der Waals surface area contributed by atoms with E-state index in [-0.39, 0.29) is 12.4 Å². The van der Waals surface area contributed by atoms with Crippen molar-refractivity contribution in [2.75, 3.05) is 19.6 Å². The lowest BCUT2D eigenvalue weighted by Crippen LogP contribution is -2.30. The molecule has 0 saturated heterocycles. The number of nitrogens with one attached hydrogen (secondary N) is 2. The second kappa shape index (κ2) is 7.59. The first-order valence-corrected chi connectivity index (χ1v) is 8.77. The fourth-order valence-corrected chi connectivity index (χ4v) is 4.32. The molecule has 1 aliphatic rings. The Balaban J connectivity index is 0.00000242. The minimum absolute atomic E-state index is 0. The second-order valence-corrected chi connectivity index (χ2v) is 7.43. The summed E-state index contributed by atoms with van der Waals surface area (Å²) in [4.78, 5) is 0.439. The number of benzene rings is 1. The summed E-state index contributed by atoms with van der Waals surface area (Å²) in [5.74, 6) is 0. The molecule has 1 aliphatic heterocycles. The molecule has 1 aromatic carbocycles. The molecule has 1 aromatic rings. The van der Waals surface area contributed by atoms with E-state index < -0.39 is 10.0 Å². The summed E-state index contributed by atoms with van der Waals surface area (Å²) in [5.41, 5.74) is 4.85. The summed E-state index contributed by atoms with van der Waals surface area (Å²) in [6.45, 7) is 9.79. The normalized spacial score (nSPS) is 15.2. The van der Waals surface area contributed by atoms with E-state index in [1.807, 2.05) is 33.8 Å². The predicted molar refractivity (Wildman–Crippen MR) is 93.4 cm³/mol. The molecule has 0 saturated carbocycles. The van der Waals surface area contributed by atoms with Crippen LogP contribution in [0, 0.1) is 27.7 Å². The zero-order valence-corrected chi connectivity index (χ0v) is 15.2. The Bertz CT molecular complexity index is 656. The molecule has 0 radical (unpaired) electrons. The van der Waals surface area contributed by atoms with Gasteiger partial charge in [0.25, 0.3) is 0 Å². The average Bonchev–Trinajstić information content (AvgIpc) is 2.44. The Labute approximate surface area is 139 Å². The Kier molecular flexibility index (Phi) is 6.62. The predicted octanol–water partition coefficient (Wildman–Crippen LogP) is 2.54. The molecule has 4 nitrogen and oxygen atoms in total. The minimum Gasteiger partial charge on any atom is -0.313 e. The third-order valence-electron chi connectivity index (χ3n) is 4.21. The summed E-state index contributed by atoms with van der Waals surface area (Å²) >= 11 is 0. The Morgan fingerprint density at radius 1 is 1.14 bits per heavy atom. The molecule has 0 aromatic heterocycles. The van der Waals surface area contributed by atoms with Gasteiger partial charge < -0.3 is 5.32 Å². The average molecular weight is 345 g/mol. The molecule has 0 spiro atoms. The second-order valence-electron chi connectivity index (χ2n) is 5.73. The molecule has 2 N–H and O–H groups in total. The quantitative estimate of drug-likeness (QED) is 0.825. The third kappa shape index (κ3) is 4.10. The van der Waals surface area contributed by atoms with Gasteiger partial charge in [-0.1, -0.05) is 17.7 Å². The lowest BCUT2D eigenvalue weighted by atomic mass is 10.0. The van der Waals surface area contributed by atoms with Crippen molar-refractivity contribution in [1.82, 2.24) is 10.0 Å². The zero-order chi connectivity index (χ0) is 15.6. The van der Waals surface area contributed by atoms with Crippen LogP contribution < -0.4 is 10.0 Å². The van der Waals surface area contributed by atoms with Crippen LogP contribution in [0.2, 0.25) is 0 Å². The number of halogens is 1. The fourth-order valence-electron chi connectivity index (χ4n) is 2.67. The van der Waals surface area contributed by atoms with Gasteiger partial charge in [-0.05, 0) is 62.9 Å². The smallest absolute Gasteiger partial charge is 0.241 e. The van der Waals surface area contributed by atoms with Crippen LogP contribution in [0.1, 0.15) is 28.7 Å². The van der Waals surface area contributed by atoms with Crippen molar-refractivity contribution in [3.63, 3.8) is 0 Å². The van der Waals surface area contributed by atoms with E-state index in [2.05, 4.69) is 16.1 Å². The van der Waals surface area contributed by atoms with Gasteiger partial charge in [-0.2, -0.15) is 0 Å². The Morgan fingerprint density at radius 3 is 2.23 bits per heavy atom. The van der Waals surface area contributed by atoms with E-state index >= 15 is 0 Å². The maximum absolute atomic E-state index is 12.7. The summed E-state index contributed by atoms with van der Waals surface area (Å²) < 4.78 is 28.1. The molecule has 0 atom stereocenters. The van der Waals surface area contributed by atoms with Crippen LogP contribution >= 0.6 is 12.4 Å². The first kappa shape index (κ1) is 19.2. The SMILES string of the molecule is Cc1cc(C)c(C)c(S(=O)(=O)NCC2=CCNCC2)c1C.Cl. The van der Waals surface area contributed by atoms with Crippen LogP contribution in [0.15, 0.2) is 22.6 Å². The number of rotatable bonds is 4. The number of hydrogen-bond donors (Lipinski definition) is 2. The van der Waals surface area contributed by atoms with E-state index in [4.69, 9.17) is 0 Å². The van der Waals surface area contributed by atoms with Crippen molar-refractivity contribution in [1.29, 1.82) is 0 Å². The van der Waals surface area contributed by atoms with E-state index in [1.165, 1.54) is 0 Å². The van der Waals surface area contributed by atoms with Crippen molar-refractivity contribution in [3.05, 3.63) is 40.0 Å². The lowest BCUT2D eigenvalue weighted by Gasteiger charge is -2.18. The van der Waals surface area contributed by atoms with E-state index in [0.29, 0.717) is 11.4 Å². The van der Waals surface area contributed by atoms with Crippen LogP contribution in [0.4, 0.5) is 0 Å². The lowest BCUT2D eigenvalue weighted by molar-refractivity contribution is 0.580. The highest BCUT2D eigenvalue weighted by atomic mass is 35.5. The molecule has 2 rings (SSSR count). The summed E-state index contributed by atoms with van der Waals surface area (Å²) in [5, 5.41) is 3.22. The van der Waals surface area contributed by atoms with Crippen molar-refractivity contribution in [3.8, 4) is 0 Å². The maximum atomic E-state index is 12.7. The Hall–Kier alpha value is -0.880. The molecule has 0 amide bonds. The number of aryl methyl sites for hydroxylation is 2. The molecular formula is C16H25ClN2O2S. The molecule has 1 heterocycles. The summed E-state index contributed by atoms with van der Waals surface area (Å²) in [6.07, 6.45) is 2.96. The van der Waals surface area contributed by atoms with Gasteiger partial charge in [0.05, 0.1) is 4.90 Å². The zero-order valence-electron chi connectivity index (χ0n) is 13.6. The topological polar surface area (TPSA) is 58.2 Å². The van der Waals surface area contributed by atoms with E-state index in [9.17, 15) is 8.42 Å². The molecular weight excluding hydrogens is 320 g/mol. The van der Waals surface area contributed by atoms with Gasteiger partial charge in [0.15, 0.2) is 0 Å². The highest BCUT2D eigenvalue weighted by molar-refractivity contribution is 7.89. The van der Waals surface area contributed by atoms with Crippen LogP contribution in [-0.4, -0.2) is 28.1 Å². The van der Waals surface area contributed by atoms with Gasteiger partial charge in [-0.3, -0.25) is 0 Å². The molecule has 124 valence electrons. The van der Waals surface area contributed by atoms with E-state index in [1.54, 1.807) is 0 Å². The van der Waals surface area contributed by atoms with Crippen LogP contribution in [0.25, 0.3) is 0 Å². The standard InChI is InChI=1S/C16H24N2O2S.ClH/c1-11-9-12(2)14(4)16(13(11)3)21(19,20)18-10-15-5-7-17-8-6-15;/h5,9,17-18H,6-8,10H2,1-4H3;1H. The minimum atomic E-state index is -3.48. The van der Waals surface area contributed by atoms with Gasteiger partial charge in [0.1, 0.15) is 0 Å². The van der Waals surface area contributed by atoms with Crippen molar-refractivity contribution < 1.29 is 8.42 Å². The molecule has 22 heavy (non-hydrogen) atoms. The number of hydrogen-bond acceptors (Lipinski definition) is 3. The van der Waals surface area contributed by atoms with Gasteiger partial charge in [-0.15, -0.1) is 12.4 Å². The van der Waals surface area contributed by atoms with Gasteiger partial charge in [0, 0.05) is 13.1 Å². The van der Waals surface area contributed by atoms with Crippen LogP contribution in [0.3, 0.4) is 0 Å². The molecule has 0 fully saturated rings.